The van der Waals surface area contributed by atoms with Crippen molar-refractivity contribution in [1.29, 1.82) is 0 Å². The van der Waals surface area contributed by atoms with Crippen molar-refractivity contribution in [2.75, 3.05) is 19.3 Å². The zero-order valence-electron chi connectivity index (χ0n) is 24.8. The summed E-state index contributed by atoms with van der Waals surface area (Å²) in [6, 6.07) is 30.4. The van der Waals surface area contributed by atoms with Gasteiger partial charge in [0.1, 0.15) is 12.2 Å². The van der Waals surface area contributed by atoms with E-state index in [9.17, 15) is 5.11 Å². The van der Waals surface area contributed by atoms with Gasteiger partial charge in [-0.25, -0.2) is 0 Å². The van der Waals surface area contributed by atoms with Crippen LogP contribution in [-0.4, -0.2) is 61.8 Å². The molecule has 0 aromatic heterocycles. The number of hydrogen-bond donors (Lipinski definition) is 1. The first kappa shape index (κ1) is 30.6. The first-order chi connectivity index (χ1) is 19.1. The molecule has 0 radical (unpaired) electrons. The fourth-order valence-electron chi connectivity index (χ4n) is 5.03. The second-order valence-electron chi connectivity index (χ2n) is 12.7. The van der Waals surface area contributed by atoms with E-state index in [0.717, 1.165) is 22.9 Å². The van der Waals surface area contributed by atoms with Crippen LogP contribution in [0.5, 0.6) is 0 Å². The van der Waals surface area contributed by atoms with Crippen LogP contribution in [0, 0.1) is 0 Å². The third kappa shape index (κ3) is 8.35. The smallest absolute Gasteiger partial charge is 0.113 e. The van der Waals surface area contributed by atoms with Gasteiger partial charge in [-0.1, -0.05) is 125 Å². The highest BCUT2D eigenvalue weighted by atomic mass is 28.3. The van der Waals surface area contributed by atoms with Crippen molar-refractivity contribution in [3.8, 4) is 0 Å². The Kier molecular flexibility index (Phi) is 10.7. The third-order valence-electron chi connectivity index (χ3n) is 8.60. The van der Waals surface area contributed by atoms with E-state index < -0.39 is 20.3 Å². The number of hydrogen-bond acceptors (Lipinski definition) is 5. The lowest BCUT2D eigenvalue weighted by molar-refractivity contribution is -0.190. The largest absolute Gasteiger partial charge is 0.389 e. The Morgan fingerprint density at radius 3 is 1.73 bits per heavy atom. The van der Waals surface area contributed by atoms with Crippen molar-refractivity contribution in [1.82, 2.24) is 4.90 Å². The minimum atomic E-state index is -1.71. The molecule has 0 aliphatic carbocycles. The van der Waals surface area contributed by atoms with Crippen LogP contribution in [0.4, 0.5) is 0 Å². The fraction of sp³-hybridized carbons (Fsp3) is 0.471. The zero-order valence-corrected chi connectivity index (χ0v) is 25.8. The van der Waals surface area contributed by atoms with Gasteiger partial charge in [0.25, 0.3) is 0 Å². The minimum Gasteiger partial charge on any atom is -0.389 e. The van der Waals surface area contributed by atoms with Crippen LogP contribution in [0.15, 0.2) is 91.0 Å². The lowest BCUT2D eigenvalue weighted by Gasteiger charge is -2.50. The molecule has 3 aromatic rings. The molecule has 0 unspecified atom stereocenters. The molecule has 1 N–H and O–H groups in total. The monoisotopic (exact) mass is 561 g/mol. The number of ether oxygens (including phenoxy) is 3. The molecule has 0 saturated carbocycles. The molecule has 3 aromatic carbocycles. The van der Waals surface area contributed by atoms with Gasteiger partial charge in [-0.3, -0.25) is 4.90 Å². The first-order valence-electron chi connectivity index (χ1n) is 14.5. The summed E-state index contributed by atoms with van der Waals surface area (Å²) in [6.45, 7) is 14.5. The predicted octanol–water partition coefficient (Wildman–Crippen LogP) is 6.47. The molecule has 1 heterocycles. The molecule has 216 valence electrons. The van der Waals surface area contributed by atoms with Gasteiger partial charge in [0.05, 0.1) is 46.6 Å². The summed E-state index contributed by atoms with van der Waals surface area (Å²) in [5, 5.41) is 12.1. The molecule has 1 fully saturated rings. The van der Waals surface area contributed by atoms with E-state index in [1.807, 2.05) is 54.6 Å². The van der Waals surface area contributed by atoms with Gasteiger partial charge in [0, 0.05) is 6.54 Å². The number of likely N-dealkylation sites (tertiary alicyclic amines) is 1. The van der Waals surface area contributed by atoms with Crippen LogP contribution in [0.1, 0.15) is 37.5 Å². The average molecular weight is 562 g/mol. The average Bonchev–Trinajstić information content (AvgIpc) is 2.94. The Morgan fingerprint density at radius 1 is 0.750 bits per heavy atom. The van der Waals surface area contributed by atoms with E-state index in [1.54, 1.807) is 0 Å². The number of piperidine rings is 1. The summed E-state index contributed by atoms with van der Waals surface area (Å²) in [4.78, 5) is 2.44. The second-order valence-corrected chi connectivity index (χ2v) is 18.3. The Hall–Kier alpha value is -2.32. The normalized spacial score (nSPS) is 22.4. The van der Waals surface area contributed by atoms with Crippen LogP contribution < -0.4 is 0 Å². The van der Waals surface area contributed by atoms with Gasteiger partial charge < -0.3 is 19.3 Å². The zero-order chi connectivity index (χ0) is 28.6. The Bertz CT molecular complexity index is 1140. The second kappa shape index (κ2) is 14.0. The lowest BCUT2D eigenvalue weighted by atomic mass is 9.94. The minimum absolute atomic E-state index is 0.185. The third-order valence-corrected chi connectivity index (χ3v) is 13.9. The van der Waals surface area contributed by atoms with Crippen molar-refractivity contribution < 1.29 is 19.3 Å². The van der Waals surface area contributed by atoms with Gasteiger partial charge in [-0.15, -0.1) is 0 Å². The fourth-order valence-corrected chi connectivity index (χ4v) is 6.88. The van der Waals surface area contributed by atoms with Gasteiger partial charge >= 0.3 is 0 Å². The van der Waals surface area contributed by atoms with Crippen molar-refractivity contribution in [3.63, 3.8) is 0 Å². The molecule has 1 aliphatic heterocycles. The standard InChI is InChI=1S/C34H47NO4Si/c1-34(2,3)40(4,5)26-35-21-31(38-23-28-17-11-7-12-18-28)33(39-24-29-19-13-8-14-20-29)32(36)30(35)25-37-22-27-15-9-6-10-16-27/h6-20,30-33,36H,21-26H2,1-5H3/t30-,31+,32-,33-/m1/s1. The van der Waals surface area contributed by atoms with E-state index >= 15 is 0 Å². The van der Waals surface area contributed by atoms with Gasteiger partial charge in [0.2, 0.25) is 0 Å². The van der Waals surface area contributed by atoms with E-state index in [4.69, 9.17) is 14.2 Å². The predicted molar refractivity (Wildman–Crippen MR) is 165 cm³/mol. The summed E-state index contributed by atoms with van der Waals surface area (Å²) in [7, 11) is -1.71. The van der Waals surface area contributed by atoms with E-state index in [-0.39, 0.29) is 17.2 Å². The molecule has 5 nitrogen and oxygen atoms in total. The lowest BCUT2D eigenvalue weighted by Crippen LogP contribution is -2.66. The SMILES string of the molecule is CC(C)(C)[Si](C)(C)CN1C[C@H](OCc2ccccc2)[C@@H](OCc2ccccc2)[C@H](O)[C@H]1COCc1ccccc1. The number of rotatable bonds is 12. The van der Waals surface area contributed by atoms with Crippen LogP contribution in [-0.2, 0) is 34.0 Å². The van der Waals surface area contributed by atoms with E-state index in [0.29, 0.717) is 33.0 Å². The van der Waals surface area contributed by atoms with Crippen LogP contribution in [0.2, 0.25) is 18.1 Å². The first-order valence-corrected chi connectivity index (χ1v) is 17.7. The maximum atomic E-state index is 11.9. The summed E-state index contributed by atoms with van der Waals surface area (Å²) in [5.74, 6) is 0. The molecule has 0 bridgehead atoms. The van der Waals surface area contributed by atoms with E-state index in [1.165, 1.54) is 0 Å². The number of aliphatic hydroxyl groups is 1. The van der Waals surface area contributed by atoms with Crippen molar-refractivity contribution >= 4 is 8.07 Å². The summed E-state index contributed by atoms with van der Waals surface area (Å²) in [5.41, 5.74) is 3.32. The molecule has 4 rings (SSSR count). The van der Waals surface area contributed by atoms with Gasteiger partial charge in [-0.2, -0.15) is 0 Å². The number of benzene rings is 3. The summed E-state index contributed by atoms with van der Waals surface area (Å²) >= 11 is 0. The topological polar surface area (TPSA) is 51.2 Å². The molecule has 4 atom stereocenters. The highest BCUT2D eigenvalue weighted by Gasteiger charge is 2.47. The highest BCUT2D eigenvalue weighted by Crippen LogP contribution is 2.38. The summed E-state index contributed by atoms with van der Waals surface area (Å²) < 4.78 is 19.3. The number of nitrogens with zero attached hydrogens (tertiary/aromatic N) is 1. The molecule has 1 aliphatic rings. The molecular formula is C34H47NO4Si. The van der Waals surface area contributed by atoms with Gasteiger partial charge in [0.15, 0.2) is 0 Å². The summed E-state index contributed by atoms with van der Waals surface area (Å²) in [6.07, 6.45) is -0.540. The molecule has 40 heavy (non-hydrogen) atoms. The highest BCUT2D eigenvalue weighted by molar-refractivity contribution is 6.80. The van der Waals surface area contributed by atoms with Crippen LogP contribution in [0.25, 0.3) is 0 Å². The quantitative estimate of drug-likeness (QED) is 0.257. The van der Waals surface area contributed by atoms with Crippen molar-refractivity contribution in [2.45, 2.75) is 83.1 Å². The van der Waals surface area contributed by atoms with Crippen LogP contribution >= 0.6 is 0 Å². The Morgan fingerprint density at radius 2 is 1.23 bits per heavy atom. The Labute approximate surface area is 242 Å². The van der Waals surface area contributed by atoms with Crippen molar-refractivity contribution in [2.24, 2.45) is 0 Å². The molecule has 0 spiro atoms. The van der Waals surface area contributed by atoms with Crippen molar-refractivity contribution in [3.05, 3.63) is 108 Å². The number of aliphatic hydroxyl groups excluding tert-OH is 1. The van der Waals surface area contributed by atoms with Crippen LogP contribution in [0.3, 0.4) is 0 Å². The maximum Gasteiger partial charge on any atom is 0.113 e. The maximum absolute atomic E-state index is 11.9. The molecule has 6 heteroatoms. The van der Waals surface area contributed by atoms with Gasteiger partial charge in [-0.05, 0) is 27.9 Å². The Balaban J connectivity index is 1.56. The molecule has 1 saturated heterocycles. The van der Waals surface area contributed by atoms with E-state index in [2.05, 4.69) is 75.2 Å². The molecular weight excluding hydrogens is 514 g/mol. The molecule has 0 amide bonds.